The SMILES string of the molecule is Cc1cn2c3c(=O)n(C)c(=O)n(C)c3nc2n1CCCN1CCCCCC1. The average molecular weight is 372 g/mol. The standard InChI is InChI=1S/C19H28N6O2/c1-14-13-25-15-16(21(2)19(27)22(3)17(15)26)20-18(25)24(14)12-8-11-23-9-6-4-5-7-10-23/h13H,4-12H2,1-3H3. The molecule has 4 heterocycles. The number of fused-ring (bicyclic) bond motifs is 3. The van der Waals surface area contributed by atoms with Gasteiger partial charge in [-0.05, 0) is 45.8 Å². The fourth-order valence-corrected chi connectivity index (χ4v) is 4.22. The van der Waals surface area contributed by atoms with Gasteiger partial charge < -0.3 is 9.47 Å². The second-order valence-corrected chi connectivity index (χ2v) is 7.69. The summed E-state index contributed by atoms with van der Waals surface area (Å²) in [4.78, 5) is 32.0. The Kier molecular flexibility index (Phi) is 4.67. The van der Waals surface area contributed by atoms with Crippen molar-refractivity contribution in [1.82, 2.24) is 28.0 Å². The second-order valence-electron chi connectivity index (χ2n) is 7.69. The molecule has 8 nitrogen and oxygen atoms in total. The maximum Gasteiger partial charge on any atom is 0.332 e. The minimum absolute atomic E-state index is 0.303. The molecular weight excluding hydrogens is 344 g/mol. The van der Waals surface area contributed by atoms with Gasteiger partial charge in [-0.25, -0.2) is 4.79 Å². The molecule has 0 spiro atoms. The van der Waals surface area contributed by atoms with E-state index in [4.69, 9.17) is 0 Å². The number of aromatic nitrogens is 5. The molecule has 3 aromatic rings. The van der Waals surface area contributed by atoms with Gasteiger partial charge in [-0.1, -0.05) is 12.8 Å². The Hall–Kier alpha value is -2.35. The van der Waals surface area contributed by atoms with Crippen LogP contribution in [-0.2, 0) is 20.6 Å². The van der Waals surface area contributed by atoms with Gasteiger partial charge in [0.2, 0.25) is 5.78 Å². The van der Waals surface area contributed by atoms with Crippen LogP contribution in [0.3, 0.4) is 0 Å². The van der Waals surface area contributed by atoms with E-state index in [1.165, 1.54) is 50.4 Å². The molecule has 1 saturated heterocycles. The smallest absolute Gasteiger partial charge is 0.314 e. The van der Waals surface area contributed by atoms with E-state index in [2.05, 4.69) is 14.5 Å². The summed E-state index contributed by atoms with van der Waals surface area (Å²) in [5, 5.41) is 0. The van der Waals surface area contributed by atoms with Crippen molar-refractivity contribution in [1.29, 1.82) is 0 Å². The predicted octanol–water partition coefficient (Wildman–Crippen LogP) is 1.26. The Balaban J connectivity index is 1.66. The Morgan fingerprint density at radius 2 is 1.70 bits per heavy atom. The number of aryl methyl sites for hydroxylation is 3. The van der Waals surface area contributed by atoms with Crippen molar-refractivity contribution in [3.8, 4) is 0 Å². The molecule has 0 atom stereocenters. The van der Waals surface area contributed by atoms with E-state index in [-0.39, 0.29) is 11.2 Å². The summed E-state index contributed by atoms with van der Waals surface area (Å²) in [6.07, 6.45) is 8.30. The fraction of sp³-hybridized carbons (Fsp3) is 0.632. The molecule has 1 aliphatic rings. The van der Waals surface area contributed by atoms with E-state index in [1.807, 2.05) is 17.5 Å². The van der Waals surface area contributed by atoms with Gasteiger partial charge in [0.05, 0.1) is 0 Å². The number of likely N-dealkylation sites (tertiary alicyclic amines) is 1. The van der Waals surface area contributed by atoms with Crippen LogP contribution in [0.2, 0.25) is 0 Å². The molecule has 0 unspecified atom stereocenters. The Labute approximate surface area is 157 Å². The van der Waals surface area contributed by atoms with Gasteiger partial charge >= 0.3 is 5.69 Å². The molecule has 4 rings (SSSR count). The summed E-state index contributed by atoms with van der Waals surface area (Å²) >= 11 is 0. The Morgan fingerprint density at radius 3 is 2.41 bits per heavy atom. The third kappa shape index (κ3) is 3.01. The van der Waals surface area contributed by atoms with Gasteiger partial charge in [-0.2, -0.15) is 4.98 Å². The van der Waals surface area contributed by atoms with Crippen LogP contribution in [0.1, 0.15) is 37.8 Å². The van der Waals surface area contributed by atoms with Gasteiger partial charge in [0.25, 0.3) is 5.56 Å². The molecule has 1 fully saturated rings. The van der Waals surface area contributed by atoms with Gasteiger partial charge in [-0.15, -0.1) is 0 Å². The summed E-state index contributed by atoms with van der Waals surface area (Å²) in [5.74, 6) is 0.733. The summed E-state index contributed by atoms with van der Waals surface area (Å²) in [5.41, 5.74) is 1.33. The first kappa shape index (κ1) is 18.0. The maximum atomic E-state index is 12.6. The van der Waals surface area contributed by atoms with Crippen molar-refractivity contribution < 1.29 is 0 Å². The molecule has 146 valence electrons. The van der Waals surface area contributed by atoms with Gasteiger partial charge in [0.1, 0.15) is 0 Å². The summed E-state index contributed by atoms with van der Waals surface area (Å²) in [6, 6.07) is 0. The molecule has 8 heteroatoms. The van der Waals surface area contributed by atoms with Gasteiger partial charge in [-0.3, -0.25) is 18.3 Å². The lowest BCUT2D eigenvalue weighted by Crippen LogP contribution is -2.37. The monoisotopic (exact) mass is 372 g/mol. The van der Waals surface area contributed by atoms with Crippen LogP contribution in [-0.4, -0.2) is 47.6 Å². The second kappa shape index (κ2) is 6.99. The minimum Gasteiger partial charge on any atom is -0.314 e. The predicted molar refractivity (Wildman–Crippen MR) is 105 cm³/mol. The van der Waals surface area contributed by atoms with Crippen molar-refractivity contribution in [3.05, 3.63) is 32.7 Å². The molecule has 1 aliphatic heterocycles. The third-order valence-corrected chi connectivity index (χ3v) is 5.81. The molecule has 0 saturated carbocycles. The van der Waals surface area contributed by atoms with Gasteiger partial charge in [0, 0.05) is 32.5 Å². The van der Waals surface area contributed by atoms with E-state index in [1.54, 1.807) is 7.05 Å². The lowest BCUT2D eigenvalue weighted by Gasteiger charge is -2.19. The first-order valence-corrected chi connectivity index (χ1v) is 9.85. The zero-order chi connectivity index (χ0) is 19.1. The highest BCUT2D eigenvalue weighted by Crippen LogP contribution is 2.17. The van der Waals surface area contributed by atoms with Crippen molar-refractivity contribution >= 4 is 16.9 Å². The van der Waals surface area contributed by atoms with Crippen LogP contribution in [0.25, 0.3) is 16.9 Å². The van der Waals surface area contributed by atoms with Crippen LogP contribution < -0.4 is 11.2 Å². The largest absolute Gasteiger partial charge is 0.332 e. The first-order valence-electron chi connectivity index (χ1n) is 9.85. The molecule has 0 radical (unpaired) electrons. The van der Waals surface area contributed by atoms with Crippen LogP contribution in [0.15, 0.2) is 15.8 Å². The lowest BCUT2D eigenvalue weighted by molar-refractivity contribution is 0.276. The Morgan fingerprint density at radius 1 is 1.00 bits per heavy atom. The van der Waals surface area contributed by atoms with E-state index < -0.39 is 0 Å². The topological polar surface area (TPSA) is 69.5 Å². The van der Waals surface area contributed by atoms with E-state index >= 15 is 0 Å². The molecule has 0 aromatic carbocycles. The quantitative estimate of drug-likeness (QED) is 0.691. The molecular formula is C19H28N6O2. The van der Waals surface area contributed by atoms with Crippen LogP contribution in [0.5, 0.6) is 0 Å². The highest BCUT2D eigenvalue weighted by molar-refractivity contribution is 5.75. The molecule has 0 N–H and O–H groups in total. The lowest BCUT2D eigenvalue weighted by atomic mass is 10.2. The van der Waals surface area contributed by atoms with E-state index in [0.717, 1.165) is 35.5 Å². The van der Waals surface area contributed by atoms with Crippen LogP contribution in [0.4, 0.5) is 0 Å². The molecule has 3 aromatic heterocycles. The van der Waals surface area contributed by atoms with E-state index in [9.17, 15) is 9.59 Å². The highest BCUT2D eigenvalue weighted by Gasteiger charge is 2.19. The number of rotatable bonds is 4. The number of nitrogens with zero attached hydrogens (tertiary/aromatic N) is 6. The zero-order valence-electron chi connectivity index (χ0n) is 16.4. The summed E-state index contributed by atoms with van der Waals surface area (Å²) in [7, 11) is 3.17. The van der Waals surface area contributed by atoms with E-state index in [0.29, 0.717) is 11.2 Å². The van der Waals surface area contributed by atoms with Crippen molar-refractivity contribution in [2.45, 2.75) is 45.6 Å². The van der Waals surface area contributed by atoms with Crippen molar-refractivity contribution in [2.24, 2.45) is 14.1 Å². The summed E-state index contributed by atoms with van der Waals surface area (Å²) < 4.78 is 6.57. The molecule has 27 heavy (non-hydrogen) atoms. The third-order valence-electron chi connectivity index (χ3n) is 5.81. The maximum absolute atomic E-state index is 12.6. The molecule has 0 bridgehead atoms. The molecule has 0 amide bonds. The van der Waals surface area contributed by atoms with Crippen molar-refractivity contribution in [3.63, 3.8) is 0 Å². The number of imidazole rings is 2. The van der Waals surface area contributed by atoms with Crippen molar-refractivity contribution in [2.75, 3.05) is 19.6 Å². The number of hydrogen-bond acceptors (Lipinski definition) is 4. The average Bonchev–Trinajstić information content (AvgIpc) is 3.02. The van der Waals surface area contributed by atoms with Gasteiger partial charge in [0.15, 0.2) is 11.2 Å². The van der Waals surface area contributed by atoms with Crippen LogP contribution >= 0.6 is 0 Å². The normalized spacial score (nSPS) is 16.4. The zero-order valence-corrected chi connectivity index (χ0v) is 16.4. The minimum atomic E-state index is -0.349. The first-order chi connectivity index (χ1) is 13.0. The fourth-order valence-electron chi connectivity index (χ4n) is 4.22. The summed E-state index contributed by atoms with van der Waals surface area (Å²) in [6.45, 7) is 6.39. The Bertz CT molecular complexity index is 1090. The number of hydrogen-bond donors (Lipinski definition) is 0. The highest BCUT2D eigenvalue weighted by atomic mass is 16.2. The molecule has 0 aliphatic carbocycles. The van der Waals surface area contributed by atoms with Crippen LogP contribution in [0, 0.1) is 6.92 Å².